The third-order valence-corrected chi connectivity index (χ3v) is 3.58. The molecule has 0 saturated heterocycles. The maximum atomic E-state index is 12.8. The minimum Gasteiger partial charge on any atom is -0.352 e. The van der Waals surface area contributed by atoms with Gasteiger partial charge < -0.3 is 9.88 Å². The lowest BCUT2D eigenvalue weighted by molar-refractivity contribution is -0.112. The smallest absolute Gasteiger partial charge is 0.266 e. The molecule has 112 valence electrons. The fourth-order valence-corrected chi connectivity index (χ4v) is 2.07. The summed E-state index contributed by atoms with van der Waals surface area (Å²) in [7, 11) is 1.92. The van der Waals surface area contributed by atoms with Crippen molar-refractivity contribution < 1.29 is 9.18 Å². The minimum atomic E-state index is -0.519. The van der Waals surface area contributed by atoms with Gasteiger partial charge in [-0.05, 0) is 55.8 Å². The van der Waals surface area contributed by atoms with Crippen molar-refractivity contribution in [3.63, 3.8) is 0 Å². The van der Waals surface area contributed by atoms with Crippen molar-refractivity contribution in [1.82, 2.24) is 4.57 Å². The number of anilines is 1. The van der Waals surface area contributed by atoms with Gasteiger partial charge in [-0.25, -0.2) is 4.39 Å². The van der Waals surface area contributed by atoms with Gasteiger partial charge in [-0.1, -0.05) is 0 Å². The van der Waals surface area contributed by atoms with E-state index in [1.165, 1.54) is 24.3 Å². The number of hydrogen-bond donors (Lipinski definition) is 1. The molecule has 1 amide bonds. The van der Waals surface area contributed by atoms with E-state index in [1.807, 2.05) is 37.6 Å². The van der Waals surface area contributed by atoms with Crippen molar-refractivity contribution in [2.75, 3.05) is 5.32 Å². The Balaban J connectivity index is 2.25. The molecule has 4 nitrogen and oxygen atoms in total. The fraction of sp³-hybridized carbons (Fsp3) is 0.176. The summed E-state index contributed by atoms with van der Waals surface area (Å²) in [5.41, 5.74) is 3.28. The average Bonchev–Trinajstić information content (AvgIpc) is 2.74. The first kappa shape index (κ1) is 15.5. The average molecular weight is 297 g/mol. The molecule has 0 bridgehead atoms. The Bertz CT molecular complexity index is 779. The van der Waals surface area contributed by atoms with E-state index in [-0.39, 0.29) is 11.4 Å². The maximum Gasteiger partial charge on any atom is 0.266 e. The summed E-state index contributed by atoms with van der Waals surface area (Å²) in [4.78, 5) is 12.1. The fourth-order valence-electron chi connectivity index (χ4n) is 2.07. The summed E-state index contributed by atoms with van der Waals surface area (Å²) in [6.07, 6.45) is 1.56. The second-order valence-electron chi connectivity index (χ2n) is 5.02. The number of nitrogens with one attached hydrogen (secondary N) is 1. The highest BCUT2D eigenvalue weighted by Crippen LogP contribution is 2.17. The van der Waals surface area contributed by atoms with Gasteiger partial charge in [-0.15, -0.1) is 0 Å². The van der Waals surface area contributed by atoms with Gasteiger partial charge >= 0.3 is 0 Å². The van der Waals surface area contributed by atoms with E-state index in [9.17, 15) is 14.4 Å². The molecular weight excluding hydrogens is 281 g/mol. The van der Waals surface area contributed by atoms with Gasteiger partial charge in [0.2, 0.25) is 0 Å². The summed E-state index contributed by atoms with van der Waals surface area (Å²) in [6.45, 7) is 3.88. The number of nitriles is 1. The number of amides is 1. The van der Waals surface area contributed by atoms with Gasteiger partial charge in [0.15, 0.2) is 0 Å². The standard InChI is InChI=1S/C17H16FN3O/c1-11-8-13(12(2)21(11)3)9-14(10-19)17(22)20-16-6-4-15(18)5-7-16/h4-9H,1-3H3,(H,20,22). The SMILES string of the molecule is Cc1cc(C=C(C#N)C(=O)Nc2ccc(F)cc2)c(C)n1C. The Labute approximate surface area is 128 Å². The summed E-state index contributed by atoms with van der Waals surface area (Å²) >= 11 is 0. The van der Waals surface area contributed by atoms with Crippen LogP contribution in [-0.2, 0) is 11.8 Å². The Hall–Kier alpha value is -2.87. The van der Waals surface area contributed by atoms with Crippen LogP contribution in [0.3, 0.4) is 0 Å². The second-order valence-corrected chi connectivity index (χ2v) is 5.02. The molecule has 0 aliphatic rings. The van der Waals surface area contributed by atoms with E-state index in [4.69, 9.17) is 0 Å². The van der Waals surface area contributed by atoms with Crippen LogP contribution in [0.1, 0.15) is 17.0 Å². The largest absolute Gasteiger partial charge is 0.352 e. The van der Waals surface area contributed by atoms with Crippen LogP contribution in [-0.4, -0.2) is 10.5 Å². The molecule has 1 aromatic heterocycles. The molecule has 0 aliphatic heterocycles. The third kappa shape index (κ3) is 3.23. The van der Waals surface area contributed by atoms with E-state index in [2.05, 4.69) is 5.32 Å². The highest BCUT2D eigenvalue weighted by Gasteiger charge is 2.12. The van der Waals surface area contributed by atoms with Gasteiger partial charge in [0, 0.05) is 24.1 Å². The molecule has 1 heterocycles. The molecule has 2 rings (SSSR count). The molecule has 1 N–H and O–H groups in total. The van der Waals surface area contributed by atoms with Crippen LogP contribution >= 0.6 is 0 Å². The zero-order valence-electron chi connectivity index (χ0n) is 12.6. The lowest BCUT2D eigenvalue weighted by Crippen LogP contribution is -2.13. The molecule has 5 heteroatoms. The minimum absolute atomic E-state index is 0.00183. The van der Waals surface area contributed by atoms with Crippen molar-refractivity contribution in [1.29, 1.82) is 5.26 Å². The molecule has 2 aromatic rings. The van der Waals surface area contributed by atoms with E-state index in [1.54, 1.807) is 6.08 Å². The third-order valence-electron chi connectivity index (χ3n) is 3.58. The van der Waals surface area contributed by atoms with Crippen LogP contribution in [0.4, 0.5) is 10.1 Å². The van der Waals surface area contributed by atoms with Crippen molar-refractivity contribution >= 4 is 17.7 Å². The Morgan fingerprint density at radius 1 is 1.32 bits per heavy atom. The van der Waals surface area contributed by atoms with E-state index in [0.717, 1.165) is 17.0 Å². The molecule has 0 unspecified atom stereocenters. The van der Waals surface area contributed by atoms with Gasteiger partial charge in [0.25, 0.3) is 5.91 Å². The lowest BCUT2D eigenvalue weighted by atomic mass is 10.1. The number of aryl methyl sites for hydroxylation is 1. The van der Waals surface area contributed by atoms with Crippen molar-refractivity contribution in [3.05, 3.63) is 58.7 Å². The quantitative estimate of drug-likeness (QED) is 0.698. The van der Waals surface area contributed by atoms with Crippen LogP contribution in [0.5, 0.6) is 0 Å². The van der Waals surface area contributed by atoms with E-state index >= 15 is 0 Å². The van der Waals surface area contributed by atoms with Gasteiger partial charge in [-0.2, -0.15) is 5.26 Å². The molecule has 0 saturated carbocycles. The number of benzene rings is 1. The molecule has 0 spiro atoms. The normalized spacial score (nSPS) is 11.1. The van der Waals surface area contributed by atoms with Gasteiger partial charge in [-0.3, -0.25) is 4.79 Å². The number of carbonyl (C=O) groups excluding carboxylic acids is 1. The summed E-state index contributed by atoms with van der Waals surface area (Å²) in [5.74, 6) is -0.903. The molecular formula is C17H16FN3O. The first-order chi connectivity index (χ1) is 10.4. The van der Waals surface area contributed by atoms with Gasteiger partial charge in [0.1, 0.15) is 17.5 Å². The lowest BCUT2D eigenvalue weighted by Gasteiger charge is -2.04. The topological polar surface area (TPSA) is 57.8 Å². The van der Waals surface area contributed by atoms with Crippen LogP contribution in [0.25, 0.3) is 6.08 Å². The highest BCUT2D eigenvalue weighted by atomic mass is 19.1. The number of rotatable bonds is 3. The molecule has 0 aliphatic carbocycles. The summed E-state index contributed by atoms with van der Waals surface area (Å²) in [6, 6.07) is 9.20. The first-order valence-electron chi connectivity index (χ1n) is 6.74. The Morgan fingerprint density at radius 3 is 2.45 bits per heavy atom. The summed E-state index contributed by atoms with van der Waals surface area (Å²) in [5, 5.41) is 11.8. The van der Waals surface area contributed by atoms with Crippen molar-refractivity contribution in [2.24, 2.45) is 7.05 Å². The van der Waals surface area contributed by atoms with E-state index < -0.39 is 5.91 Å². The number of aromatic nitrogens is 1. The Kier molecular flexibility index (Phi) is 4.42. The second kappa shape index (κ2) is 6.27. The maximum absolute atomic E-state index is 12.8. The highest BCUT2D eigenvalue weighted by molar-refractivity contribution is 6.09. The Morgan fingerprint density at radius 2 is 1.95 bits per heavy atom. The predicted molar refractivity (Wildman–Crippen MR) is 83.5 cm³/mol. The molecule has 1 aromatic carbocycles. The van der Waals surface area contributed by atoms with Crippen molar-refractivity contribution in [2.45, 2.75) is 13.8 Å². The zero-order chi connectivity index (χ0) is 16.3. The van der Waals surface area contributed by atoms with E-state index in [0.29, 0.717) is 5.69 Å². The van der Waals surface area contributed by atoms with Crippen LogP contribution in [0.15, 0.2) is 35.9 Å². The summed E-state index contributed by atoms with van der Waals surface area (Å²) < 4.78 is 14.8. The molecule has 0 atom stereocenters. The molecule has 0 fully saturated rings. The van der Waals surface area contributed by atoms with Gasteiger partial charge in [0.05, 0.1) is 0 Å². The molecule has 22 heavy (non-hydrogen) atoms. The number of carbonyl (C=O) groups is 1. The van der Waals surface area contributed by atoms with Crippen molar-refractivity contribution in [3.8, 4) is 6.07 Å². The number of hydrogen-bond acceptors (Lipinski definition) is 2. The number of nitrogens with zero attached hydrogens (tertiary/aromatic N) is 2. The first-order valence-corrected chi connectivity index (χ1v) is 6.74. The molecule has 0 radical (unpaired) electrons. The number of halogens is 1. The predicted octanol–water partition coefficient (Wildman–Crippen LogP) is 3.33. The monoisotopic (exact) mass is 297 g/mol. The van der Waals surface area contributed by atoms with Crippen LogP contribution in [0.2, 0.25) is 0 Å². The van der Waals surface area contributed by atoms with Crippen LogP contribution < -0.4 is 5.32 Å². The van der Waals surface area contributed by atoms with Crippen LogP contribution in [0, 0.1) is 31.0 Å². The zero-order valence-corrected chi connectivity index (χ0v) is 12.6.